The molecule has 226 valence electrons. The molecule has 0 aromatic carbocycles. The van der Waals surface area contributed by atoms with Crippen molar-refractivity contribution in [2.75, 3.05) is 6.61 Å². The summed E-state index contributed by atoms with van der Waals surface area (Å²) in [5.41, 5.74) is -4.61. The maximum absolute atomic E-state index is 13.3. The number of unbranched alkanes of at least 4 members (excludes halogenated alkanes) is 3. The number of hydrogen-bond donors (Lipinski definition) is 3. The molecule has 8 unspecified atom stereocenters. The fraction of sp³-hybridized carbons (Fsp3) is 0.667. The Morgan fingerprint density at radius 1 is 1.17 bits per heavy atom. The summed E-state index contributed by atoms with van der Waals surface area (Å²) in [6.07, 6.45) is 10.8. The van der Waals surface area contributed by atoms with Crippen molar-refractivity contribution in [3.8, 4) is 0 Å². The molecular weight excluding hydrogens is 524 g/mol. The van der Waals surface area contributed by atoms with Crippen molar-refractivity contribution in [1.29, 1.82) is 0 Å². The van der Waals surface area contributed by atoms with Gasteiger partial charge in [-0.2, -0.15) is 0 Å². The van der Waals surface area contributed by atoms with Gasteiger partial charge in [0.05, 0.1) is 12.2 Å². The number of rotatable bonds is 9. The van der Waals surface area contributed by atoms with E-state index in [2.05, 4.69) is 6.92 Å². The van der Waals surface area contributed by atoms with Crippen molar-refractivity contribution < 1.29 is 39.2 Å². The Balaban J connectivity index is 1.85. The second kappa shape index (κ2) is 10.9. The molecule has 8 nitrogen and oxygen atoms in total. The lowest BCUT2D eigenvalue weighted by molar-refractivity contribution is -0.226. The van der Waals surface area contributed by atoms with Crippen LogP contribution in [-0.2, 0) is 23.9 Å². The van der Waals surface area contributed by atoms with Crippen LogP contribution in [0.1, 0.15) is 80.6 Å². The number of ketones is 1. The Morgan fingerprint density at radius 2 is 1.85 bits per heavy atom. The maximum atomic E-state index is 13.3. The summed E-state index contributed by atoms with van der Waals surface area (Å²) in [7, 11) is 0. The highest BCUT2D eigenvalue weighted by atomic mass is 16.6. The van der Waals surface area contributed by atoms with Gasteiger partial charge in [-0.25, -0.2) is 9.59 Å². The topological polar surface area (TPSA) is 130 Å². The van der Waals surface area contributed by atoms with Gasteiger partial charge < -0.3 is 24.8 Å². The summed E-state index contributed by atoms with van der Waals surface area (Å²) in [5, 5.41) is 34.8. The molecule has 0 aromatic heterocycles. The molecule has 8 atom stereocenters. The fourth-order valence-corrected chi connectivity index (χ4v) is 8.04. The molecule has 0 amide bonds. The molecule has 0 radical (unpaired) electrons. The minimum atomic E-state index is -1.96. The molecule has 4 rings (SSSR count). The van der Waals surface area contributed by atoms with E-state index in [9.17, 15) is 29.7 Å². The van der Waals surface area contributed by atoms with Gasteiger partial charge in [0.2, 0.25) is 0 Å². The highest BCUT2D eigenvalue weighted by molar-refractivity contribution is 6.04. The molecule has 8 heteroatoms. The number of allylic oxidation sites excluding steroid dienone is 2. The first-order valence-electron chi connectivity index (χ1n) is 14.9. The quantitative estimate of drug-likeness (QED) is 0.163. The molecule has 2 fully saturated rings. The molecular formula is C33H46O8. The van der Waals surface area contributed by atoms with Gasteiger partial charge in [-0.15, -0.1) is 0 Å². The molecule has 41 heavy (non-hydrogen) atoms. The first-order chi connectivity index (χ1) is 19.2. The minimum Gasteiger partial charge on any atom is -0.454 e. The Labute approximate surface area is 243 Å². The first-order valence-corrected chi connectivity index (χ1v) is 14.9. The van der Waals surface area contributed by atoms with E-state index in [0.717, 1.165) is 25.7 Å². The van der Waals surface area contributed by atoms with Gasteiger partial charge in [-0.1, -0.05) is 64.8 Å². The highest BCUT2D eigenvalue weighted by Crippen LogP contribution is 2.77. The number of aliphatic hydroxyl groups is 3. The van der Waals surface area contributed by atoms with E-state index in [-0.39, 0.29) is 6.42 Å². The lowest BCUT2D eigenvalue weighted by atomic mass is 9.59. The van der Waals surface area contributed by atoms with Gasteiger partial charge in [0, 0.05) is 47.2 Å². The fourth-order valence-electron chi connectivity index (χ4n) is 8.04. The van der Waals surface area contributed by atoms with Crippen LogP contribution in [0.3, 0.4) is 0 Å². The van der Waals surface area contributed by atoms with E-state index in [4.69, 9.17) is 9.47 Å². The zero-order valence-electron chi connectivity index (χ0n) is 25.4. The smallest absolute Gasteiger partial charge is 0.333 e. The molecule has 0 spiro atoms. The van der Waals surface area contributed by atoms with Crippen LogP contribution in [0.5, 0.6) is 0 Å². The number of ether oxygens (including phenoxy) is 2. The van der Waals surface area contributed by atoms with Crippen molar-refractivity contribution in [1.82, 2.24) is 0 Å². The van der Waals surface area contributed by atoms with E-state index >= 15 is 0 Å². The number of hydrogen-bond acceptors (Lipinski definition) is 8. The van der Waals surface area contributed by atoms with Crippen LogP contribution in [0, 0.1) is 29.1 Å². The van der Waals surface area contributed by atoms with Gasteiger partial charge in [-0.05, 0) is 44.8 Å². The van der Waals surface area contributed by atoms with Gasteiger partial charge in [0.1, 0.15) is 11.7 Å². The summed E-state index contributed by atoms with van der Waals surface area (Å²) in [5.74, 6) is -4.75. The van der Waals surface area contributed by atoms with E-state index < -0.39 is 76.3 Å². The van der Waals surface area contributed by atoms with Gasteiger partial charge >= 0.3 is 11.9 Å². The predicted molar refractivity (Wildman–Crippen MR) is 153 cm³/mol. The molecule has 0 aromatic rings. The van der Waals surface area contributed by atoms with E-state index in [1.54, 1.807) is 52.0 Å². The van der Waals surface area contributed by atoms with E-state index in [1.165, 1.54) is 6.08 Å². The molecule has 4 aliphatic carbocycles. The van der Waals surface area contributed by atoms with Crippen molar-refractivity contribution >= 4 is 17.7 Å². The average molecular weight is 571 g/mol. The van der Waals surface area contributed by atoms with E-state index in [0.29, 0.717) is 16.7 Å². The Bertz CT molecular complexity index is 1220. The lowest BCUT2D eigenvalue weighted by Gasteiger charge is -2.53. The Hall–Kier alpha value is -2.55. The third kappa shape index (κ3) is 4.57. The summed E-state index contributed by atoms with van der Waals surface area (Å²) >= 11 is 0. The number of aliphatic hydroxyl groups excluding tert-OH is 1. The van der Waals surface area contributed by atoms with Gasteiger partial charge in [0.25, 0.3) is 0 Å². The Morgan fingerprint density at radius 3 is 2.46 bits per heavy atom. The monoisotopic (exact) mass is 570 g/mol. The van der Waals surface area contributed by atoms with Crippen LogP contribution in [0.2, 0.25) is 0 Å². The molecule has 4 aliphatic rings. The van der Waals surface area contributed by atoms with Crippen LogP contribution in [0.4, 0.5) is 0 Å². The summed E-state index contributed by atoms with van der Waals surface area (Å²) in [4.78, 5) is 39.7. The van der Waals surface area contributed by atoms with E-state index in [1.807, 2.05) is 13.8 Å². The molecule has 0 saturated heterocycles. The summed E-state index contributed by atoms with van der Waals surface area (Å²) in [6, 6.07) is 0. The zero-order chi connectivity index (χ0) is 30.5. The predicted octanol–water partition coefficient (Wildman–Crippen LogP) is 4.13. The third-order valence-corrected chi connectivity index (χ3v) is 10.4. The SMILES string of the molecule is CC=C(C)C(=O)OC1C(C)C2(O)C(C=C(CO)CC3(O)C(=O)C(C)=CC32)C2C(C)(C)C12OC(=O)C=CCCCCC. The van der Waals surface area contributed by atoms with Crippen LogP contribution >= 0.6 is 0 Å². The molecule has 0 bridgehead atoms. The van der Waals surface area contributed by atoms with Crippen molar-refractivity contribution in [2.24, 2.45) is 29.1 Å². The number of Topliss-reactive ketones (excluding diaryl/α,β-unsaturated/α-hetero) is 1. The number of carbonyl (C=O) groups is 3. The number of esters is 2. The van der Waals surface area contributed by atoms with Crippen molar-refractivity contribution in [3.63, 3.8) is 0 Å². The molecule has 2 saturated carbocycles. The third-order valence-electron chi connectivity index (χ3n) is 10.4. The Kier molecular flexibility index (Phi) is 8.37. The highest BCUT2D eigenvalue weighted by Gasteiger charge is 2.87. The second-order valence-electron chi connectivity index (χ2n) is 13.1. The second-order valence-corrected chi connectivity index (χ2v) is 13.1. The maximum Gasteiger partial charge on any atom is 0.333 e. The van der Waals surface area contributed by atoms with Gasteiger partial charge in [-0.3, -0.25) is 4.79 Å². The summed E-state index contributed by atoms with van der Waals surface area (Å²) < 4.78 is 12.4. The lowest BCUT2D eigenvalue weighted by Crippen LogP contribution is -2.66. The van der Waals surface area contributed by atoms with Gasteiger partial charge in [0.15, 0.2) is 11.4 Å². The van der Waals surface area contributed by atoms with Crippen LogP contribution in [0.25, 0.3) is 0 Å². The zero-order valence-corrected chi connectivity index (χ0v) is 25.4. The number of fused-ring (bicyclic) bond motifs is 5. The first kappa shape index (κ1) is 31.4. The van der Waals surface area contributed by atoms with Crippen molar-refractivity contribution in [2.45, 2.75) is 103 Å². The van der Waals surface area contributed by atoms with Crippen LogP contribution in [-0.4, -0.2) is 62.6 Å². The largest absolute Gasteiger partial charge is 0.454 e. The average Bonchev–Trinajstić information content (AvgIpc) is 3.35. The standard InChI is InChI=1S/C33H46O8/c1-8-10-11-12-13-14-25(35)41-33-26(30(33,6)7)23-16-22(18-34)17-31(38)24(15-20(4)27(31)36)32(23,39)21(5)28(33)40-29(37)19(3)9-2/h9,13-16,21,23-24,26,28,34,38-39H,8,10-12,17-18H2,1-7H3. The van der Waals surface area contributed by atoms with Crippen LogP contribution < -0.4 is 0 Å². The molecule has 3 N–H and O–H groups in total. The summed E-state index contributed by atoms with van der Waals surface area (Å²) in [6.45, 7) is 12.2. The molecule has 0 aliphatic heterocycles. The van der Waals surface area contributed by atoms with Crippen molar-refractivity contribution in [3.05, 3.63) is 47.1 Å². The molecule has 0 heterocycles. The minimum absolute atomic E-state index is 0.130. The number of carbonyl (C=O) groups excluding carboxylic acids is 3. The van der Waals surface area contributed by atoms with Crippen LogP contribution in [0.15, 0.2) is 47.1 Å². The normalized spacial score (nSPS) is 39.2.